The molecule has 20 heavy (non-hydrogen) atoms. The number of hydrazine groups is 1. The van der Waals surface area contributed by atoms with Crippen molar-refractivity contribution >= 4 is 15.9 Å². The standard InChI is InChI=1S/C15H15BrF2N2/c1-9-3-2-4-13(15(9)16)14(20-19)7-10-5-11(17)8-12(18)6-10/h2-6,8,14,20H,7,19H2,1H3. The first kappa shape index (κ1) is 15.1. The van der Waals surface area contributed by atoms with Gasteiger partial charge in [-0.25, -0.2) is 8.78 Å². The molecule has 0 saturated heterocycles. The van der Waals surface area contributed by atoms with Crippen molar-refractivity contribution in [1.29, 1.82) is 0 Å². The van der Waals surface area contributed by atoms with Gasteiger partial charge in [0.05, 0.1) is 6.04 Å². The highest BCUT2D eigenvalue weighted by Crippen LogP contribution is 2.28. The molecule has 0 bridgehead atoms. The molecule has 1 atom stereocenters. The Labute approximate surface area is 125 Å². The van der Waals surface area contributed by atoms with E-state index in [0.717, 1.165) is 21.7 Å². The third-order valence-corrected chi connectivity index (χ3v) is 4.24. The second-order valence-electron chi connectivity index (χ2n) is 4.68. The summed E-state index contributed by atoms with van der Waals surface area (Å²) >= 11 is 3.52. The minimum Gasteiger partial charge on any atom is -0.271 e. The smallest absolute Gasteiger partial charge is 0.126 e. The van der Waals surface area contributed by atoms with Crippen molar-refractivity contribution in [2.75, 3.05) is 0 Å². The molecule has 5 heteroatoms. The van der Waals surface area contributed by atoms with Crippen molar-refractivity contribution in [2.45, 2.75) is 19.4 Å². The predicted molar refractivity (Wildman–Crippen MR) is 79.0 cm³/mol. The average Bonchev–Trinajstić information content (AvgIpc) is 2.38. The van der Waals surface area contributed by atoms with Crippen molar-refractivity contribution in [1.82, 2.24) is 5.43 Å². The molecule has 0 fully saturated rings. The van der Waals surface area contributed by atoms with E-state index in [1.165, 1.54) is 12.1 Å². The lowest BCUT2D eigenvalue weighted by atomic mass is 9.98. The molecule has 2 aromatic carbocycles. The van der Waals surface area contributed by atoms with Crippen LogP contribution in [0.1, 0.15) is 22.7 Å². The van der Waals surface area contributed by atoms with Crippen LogP contribution in [0.4, 0.5) is 8.78 Å². The van der Waals surface area contributed by atoms with Gasteiger partial charge in [-0.2, -0.15) is 0 Å². The summed E-state index contributed by atoms with van der Waals surface area (Å²) in [5.41, 5.74) is 5.29. The molecular formula is C15H15BrF2N2. The molecule has 0 radical (unpaired) electrons. The Morgan fingerprint density at radius 2 is 1.85 bits per heavy atom. The quantitative estimate of drug-likeness (QED) is 0.656. The molecule has 0 aliphatic rings. The van der Waals surface area contributed by atoms with Crippen molar-refractivity contribution in [3.05, 3.63) is 69.2 Å². The fourth-order valence-electron chi connectivity index (χ4n) is 2.16. The minimum atomic E-state index is -0.584. The van der Waals surface area contributed by atoms with Crippen molar-refractivity contribution in [3.8, 4) is 0 Å². The Morgan fingerprint density at radius 3 is 2.45 bits per heavy atom. The molecule has 106 valence electrons. The monoisotopic (exact) mass is 340 g/mol. The van der Waals surface area contributed by atoms with E-state index in [1.807, 2.05) is 25.1 Å². The first-order valence-electron chi connectivity index (χ1n) is 6.17. The molecule has 0 saturated carbocycles. The lowest BCUT2D eigenvalue weighted by Crippen LogP contribution is -2.30. The van der Waals surface area contributed by atoms with Gasteiger partial charge in [-0.3, -0.25) is 11.3 Å². The number of hydrogen-bond acceptors (Lipinski definition) is 2. The van der Waals surface area contributed by atoms with E-state index in [9.17, 15) is 8.78 Å². The van der Waals surface area contributed by atoms with Crippen LogP contribution in [-0.2, 0) is 6.42 Å². The number of nitrogens with two attached hydrogens (primary N) is 1. The van der Waals surface area contributed by atoms with E-state index in [1.54, 1.807) is 0 Å². The Hall–Kier alpha value is -1.30. The van der Waals surface area contributed by atoms with E-state index in [2.05, 4.69) is 21.4 Å². The van der Waals surface area contributed by atoms with Crippen molar-refractivity contribution in [2.24, 2.45) is 5.84 Å². The fourth-order valence-corrected chi connectivity index (χ4v) is 2.70. The van der Waals surface area contributed by atoms with Gasteiger partial charge in [-0.1, -0.05) is 34.1 Å². The summed E-state index contributed by atoms with van der Waals surface area (Å²) in [5.74, 6) is 4.42. The Morgan fingerprint density at radius 1 is 1.20 bits per heavy atom. The summed E-state index contributed by atoms with van der Waals surface area (Å²) in [6, 6.07) is 9.09. The highest BCUT2D eigenvalue weighted by molar-refractivity contribution is 9.10. The fraction of sp³-hybridized carbons (Fsp3) is 0.200. The van der Waals surface area contributed by atoms with E-state index in [0.29, 0.717) is 12.0 Å². The molecule has 2 aromatic rings. The summed E-state index contributed by atoms with van der Waals surface area (Å²) in [6.45, 7) is 1.98. The van der Waals surface area contributed by atoms with Crippen LogP contribution in [0.3, 0.4) is 0 Å². The average molecular weight is 341 g/mol. The van der Waals surface area contributed by atoms with Gasteiger partial charge in [-0.05, 0) is 42.2 Å². The number of aryl methyl sites for hydroxylation is 1. The Kier molecular flexibility index (Phi) is 4.86. The van der Waals surface area contributed by atoms with E-state index in [-0.39, 0.29) is 6.04 Å². The zero-order valence-electron chi connectivity index (χ0n) is 11.0. The second kappa shape index (κ2) is 6.43. The van der Waals surface area contributed by atoms with E-state index < -0.39 is 11.6 Å². The molecule has 0 aliphatic carbocycles. The van der Waals surface area contributed by atoms with Crippen LogP contribution in [0.5, 0.6) is 0 Å². The molecule has 0 amide bonds. The van der Waals surface area contributed by atoms with Crippen LogP contribution in [0.15, 0.2) is 40.9 Å². The van der Waals surface area contributed by atoms with Gasteiger partial charge in [0.2, 0.25) is 0 Å². The normalized spacial score (nSPS) is 12.4. The Balaban J connectivity index is 2.31. The maximum absolute atomic E-state index is 13.2. The van der Waals surface area contributed by atoms with Crippen LogP contribution in [-0.4, -0.2) is 0 Å². The van der Waals surface area contributed by atoms with E-state index in [4.69, 9.17) is 5.84 Å². The summed E-state index contributed by atoms with van der Waals surface area (Å²) in [7, 11) is 0. The predicted octanol–water partition coefficient (Wildman–Crippen LogP) is 3.78. The molecule has 0 aliphatic heterocycles. The Bertz CT molecular complexity index is 597. The van der Waals surface area contributed by atoms with Gasteiger partial charge >= 0.3 is 0 Å². The minimum absolute atomic E-state index is 0.231. The lowest BCUT2D eigenvalue weighted by molar-refractivity contribution is 0.538. The van der Waals surface area contributed by atoms with Crippen molar-refractivity contribution in [3.63, 3.8) is 0 Å². The SMILES string of the molecule is Cc1cccc(C(Cc2cc(F)cc(F)c2)NN)c1Br. The summed E-state index contributed by atoms with van der Waals surface area (Å²) in [5, 5.41) is 0. The second-order valence-corrected chi connectivity index (χ2v) is 5.47. The third kappa shape index (κ3) is 3.42. The van der Waals surface area contributed by atoms with Gasteiger partial charge < -0.3 is 0 Å². The number of rotatable bonds is 4. The van der Waals surface area contributed by atoms with Gasteiger partial charge in [-0.15, -0.1) is 0 Å². The van der Waals surface area contributed by atoms with Gasteiger partial charge in [0.25, 0.3) is 0 Å². The van der Waals surface area contributed by atoms with Crippen LogP contribution in [0, 0.1) is 18.6 Å². The summed E-state index contributed by atoms with van der Waals surface area (Å²) < 4.78 is 27.4. The van der Waals surface area contributed by atoms with Crippen LogP contribution in [0.2, 0.25) is 0 Å². The topological polar surface area (TPSA) is 38.0 Å². The third-order valence-electron chi connectivity index (χ3n) is 3.16. The first-order valence-corrected chi connectivity index (χ1v) is 6.96. The van der Waals surface area contributed by atoms with Gasteiger partial charge in [0, 0.05) is 10.5 Å². The lowest BCUT2D eigenvalue weighted by Gasteiger charge is -2.19. The highest BCUT2D eigenvalue weighted by Gasteiger charge is 2.15. The maximum atomic E-state index is 13.2. The highest BCUT2D eigenvalue weighted by atomic mass is 79.9. The molecule has 3 N–H and O–H groups in total. The molecule has 2 nitrogen and oxygen atoms in total. The number of halogens is 3. The largest absolute Gasteiger partial charge is 0.271 e. The van der Waals surface area contributed by atoms with Crippen LogP contribution < -0.4 is 11.3 Å². The maximum Gasteiger partial charge on any atom is 0.126 e. The van der Waals surface area contributed by atoms with E-state index >= 15 is 0 Å². The number of hydrogen-bond donors (Lipinski definition) is 2. The summed E-state index contributed by atoms with van der Waals surface area (Å²) in [4.78, 5) is 0. The molecule has 0 heterocycles. The number of nitrogens with one attached hydrogen (secondary N) is 1. The van der Waals surface area contributed by atoms with Gasteiger partial charge in [0.1, 0.15) is 11.6 Å². The molecule has 0 spiro atoms. The van der Waals surface area contributed by atoms with Gasteiger partial charge in [0.15, 0.2) is 0 Å². The summed E-state index contributed by atoms with van der Waals surface area (Å²) in [6.07, 6.45) is 0.396. The zero-order valence-corrected chi connectivity index (χ0v) is 12.5. The molecule has 2 rings (SSSR count). The van der Waals surface area contributed by atoms with Crippen molar-refractivity contribution < 1.29 is 8.78 Å². The zero-order chi connectivity index (χ0) is 14.7. The molecular weight excluding hydrogens is 326 g/mol. The molecule has 0 aromatic heterocycles. The number of benzene rings is 2. The van der Waals surface area contributed by atoms with Crippen LogP contribution in [0.25, 0.3) is 0 Å². The first-order chi connectivity index (χ1) is 9.51. The van der Waals surface area contributed by atoms with Crippen LogP contribution >= 0.6 is 15.9 Å². The molecule has 1 unspecified atom stereocenters.